The SMILES string of the molecule is COc1ccc([C@H]2[C@@H](C(=O)OCc3ccccc3)C(=O)C[C@](C)(O)[C@H]2C(=O)OCc2ccccc2)cc1OC. The quantitative estimate of drug-likeness (QED) is 0.322. The van der Waals surface area contributed by atoms with Crippen molar-refractivity contribution >= 4 is 17.7 Å². The van der Waals surface area contributed by atoms with Crippen molar-refractivity contribution in [2.45, 2.75) is 38.1 Å². The van der Waals surface area contributed by atoms with E-state index >= 15 is 0 Å². The maximum absolute atomic E-state index is 13.6. The van der Waals surface area contributed by atoms with Gasteiger partial charge in [0.05, 0.1) is 25.7 Å². The van der Waals surface area contributed by atoms with E-state index < -0.39 is 47.5 Å². The molecule has 1 aliphatic rings. The molecule has 0 radical (unpaired) electrons. The summed E-state index contributed by atoms with van der Waals surface area (Å²) in [4.78, 5) is 40.5. The molecule has 1 saturated carbocycles. The van der Waals surface area contributed by atoms with Gasteiger partial charge in [-0.1, -0.05) is 66.7 Å². The van der Waals surface area contributed by atoms with E-state index in [1.165, 1.54) is 21.1 Å². The zero-order chi connectivity index (χ0) is 28.0. The highest BCUT2D eigenvalue weighted by Crippen LogP contribution is 2.48. The molecule has 1 N–H and O–H groups in total. The fraction of sp³-hybridized carbons (Fsp3) is 0.323. The van der Waals surface area contributed by atoms with Crippen LogP contribution in [-0.2, 0) is 37.1 Å². The molecule has 204 valence electrons. The van der Waals surface area contributed by atoms with Crippen LogP contribution in [0.15, 0.2) is 78.9 Å². The van der Waals surface area contributed by atoms with Crippen molar-refractivity contribution in [1.82, 2.24) is 0 Å². The van der Waals surface area contributed by atoms with Gasteiger partial charge in [0.2, 0.25) is 0 Å². The van der Waals surface area contributed by atoms with E-state index in [1.54, 1.807) is 30.3 Å². The van der Waals surface area contributed by atoms with Crippen LogP contribution >= 0.6 is 0 Å². The van der Waals surface area contributed by atoms with Gasteiger partial charge in [0, 0.05) is 12.3 Å². The van der Waals surface area contributed by atoms with Crippen molar-refractivity contribution in [2.75, 3.05) is 14.2 Å². The summed E-state index contributed by atoms with van der Waals surface area (Å²) in [6, 6.07) is 23.1. The van der Waals surface area contributed by atoms with Crippen LogP contribution in [0.2, 0.25) is 0 Å². The van der Waals surface area contributed by atoms with Crippen molar-refractivity contribution < 1.29 is 38.4 Å². The molecule has 3 aromatic rings. The van der Waals surface area contributed by atoms with Gasteiger partial charge in [0.1, 0.15) is 19.1 Å². The van der Waals surface area contributed by atoms with E-state index in [9.17, 15) is 19.5 Å². The summed E-state index contributed by atoms with van der Waals surface area (Å²) >= 11 is 0. The lowest BCUT2D eigenvalue weighted by molar-refractivity contribution is -0.174. The number of rotatable bonds is 9. The maximum atomic E-state index is 13.6. The second-order valence-electron chi connectivity index (χ2n) is 9.78. The fourth-order valence-corrected chi connectivity index (χ4v) is 5.11. The molecule has 1 fully saturated rings. The van der Waals surface area contributed by atoms with Gasteiger partial charge in [-0.05, 0) is 35.7 Å². The van der Waals surface area contributed by atoms with Crippen LogP contribution in [0.25, 0.3) is 0 Å². The van der Waals surface area contributed by atoms with E-state index in [4.69, 9.17) is 18.9 Å². The van der Waals surface area contributed by atoms with Crippen molar-refractivity contribution in [3.63, 3.8) is 0 Å². The Balaban J connectivity index is 1.72. The lowest BCUT2D eigenvalue weighted by Gasteiger charge is -2.43. The number of hydrogen-bond donors (Lipinski definition) is 1. The average Bonchev–Trinajstić information content (AvgIpc) is 2.94. The normalized spacial score (nSPS) is 22.6. The summed E-state index contributed by atoms with van der Waals surface area (Å²) < 4.78 is 22.0. The van der Waals surface area contributed by atoms with Crippen molar-refractivity contribution in [3.05, 3.63) is 95.6 Å². The van der Waals surface area contributed by atoms with E-state index in [0.717, 1.165) is 11.1 Å². The first kappa shape index (κ1) is 27.9. The third kappa shape index (κ3) is 6.29. The molecule has 4 rings (SSSR count). The Bertz CT molecular complexity index is 1300. The average molecular weight is 533 g/mol. The highest BCUT2D eigenvalue weighted by molar-refractivity contribution is 6.02. The Morgan fingerprint density at radius 3 is 1.90 bits per heavy atom. The van der Waals surface area contributed by atoms with Crippen LogP contribution in [0.3, 0.4) is 0 Å². The highest BCUT2D eigenvalue weighted by Gasteiger charge is 2.57. The number of benzene rings is 3. The summed E-state index contributed by atoms with van der Waals surface area (Å²) in [7, 11) is 2.95. The standard InChI is InChI=1S/C31H32O8/c1-31(35)17-23(32)27(29(33)38-18-20-10-6-4-7-11-20)26(22-14-15-24(36-2)25(16-22)37-3)28(31)30(34)39-19-21-12-8-5-9-13-21/h4-16,26-28,35H,17-19H2,1-3H3/t26-,27-,28+,31-/m0/s1. The molecule has 0 spiro atoms. The Morgan fingerprint density at radius 1 is 0.821 bits per heavy atom. The fourth-order valence-electron chi connectivity index (χ4n) is 5.11. The minimum absolute atomic E-state index is 0.0258. The lowest BCUT2D eigenvalue weighted by Crippen LogP contribution is -2.55. The molecule has 0 aromatic heterocycles. The van der Waals surface area contributed by atoms with Crippen LogP contribution in [0, 0.1) is 11.8 Å². The molecule has 1 aliphatic carbocycles. The minimum Gasteiger partial charge on any atom is -0.493 e. The molecule has 8 nitrogen and oxygen atoms in total. The zero-order valence-electron chi connectivity index (χ0n) is 22.2. The monoisotopic (exact) mass is 532 g/mol. The Hall–Kier alpha value is -4.17. The van der Waals surface area contributed by atoms with Crippen LogP contribution in [0.1, 0.15) is 36.0 Å². The Kier molecular flexibility index (Phi) is 8.66. The first-order valence-corrected chi connectivity index (χ1v) is 12.6. The summed E-state index contributed by atoms with van der Waals surface area (Å²) in [6.45, 7) is 1.35. The van der Waals surface area contributed by atoms with Gasteiger partial charge in [0.15, 0.2) is 17.3 Å². The maximum Gasteiger partial charge on any atom is 0.317 e. The van der Waals surface area contributed by atoms with E-state index in [0.29, 0.717) is 17.1 Å². The first-order chi connectivity index (χ1) is 18.7. The van der Waals surface area contributed by atoms with Gasteiger partial charge < -0.3 is 24.1 Å². The van der Waals surface area contributed by atoms with E-state index in [2.05, 4.69) is 0 Å². The van der Waals surface area contributed by atoms with E-state index in [1.807, 2.05) is 48.5 Å². The number of aliphatic hydroxyl groups is 1. The van der Waals surface area contributed by atoms with Crippen molar-refractivity contribution in [2.24, 2.45) is 11.8 Å². The number of carbonyl (C=O) groups excluding carboxylic acids is 3. The van der Waals surface area contributed by atoms with Crippen molar-refractivity contribution in [3.8, 4) is 11.5 Å². The van der Waals surface area contributed by atoms with Gasteiger partial charge in [-0.2, -0.15) is 0 Å². The third-order valence-corrected chi connectivity index (χ3v) is 7.02. The topological polar surface area (TPSA) is 108 Å². The summed E-state index contributed by atoms with van der Waals surface area (Å²) in [5.74, 6) is -4.91. The summed E-state index contributed by atoms with van der Waals surface area (Å²) in [5, 5.41) is 11.4. The predicted octanol–water partition coefficient (Wildman–Crippen LogP) is 4.23. The molecule has 0 unspecified atom stereocenters. The second kappa shape index (κ2) is 12.1. The number of methoxy groups -OCH3 is 2. The number of hydrogen-bond acceptors (Lipinski definition) is 8. The third-order valence-electron chi connectivity index (χ3n) is 7.02. The smallest absolute Gasteiger partial charge is 0.317 e. The number of Topliss-reactive ketones (excluding diaryl/α,β-unsaturated/α-hetero) is 1. The molecule has 0 heterocycles. The molecule has 0 bridgehead atoms. The van der Waals surface area contributed by atoms with Crippen LogP contribution in [0.5, 0.6) is 11.5 Å². The molecule has 0 aliphatic heterocycles. The van der Waals surface area contributed by atoms with Crippen molar-refractivity contribution in [1.29, 1.82) is 0 Å². The lowest BCUT2D eigenvalue weighted by atomic mass is 9.61. The molecule has 4 atom stereocenters. The van der Waals surface area contributed by atoms with Gasteiger partial charge in [-0.15, -0.1) is 0 Å². The van der Waals surface area contributed by atoms with Crippen LogP contribution < -0.4 is 9.47 Å². The molecule has 8 heteroatoms. The number of ketones is 1. The van der Waals surface area contributed by atoms with Crippen LogP contribution in [0.4, 0.5) is 0 Å². The minimum atomic E-state index is -1.78. The molecule has 39 heavy (non-hydrogen) atoms. The molecular weight excluding hydrogens is 500 g/mol. The van der Waals surface area contributed by atoms with Crippen LogP contribution in [-0.4, -0.2) is 42.6 Å². The van der Waals surface area contributed by atoms with Gasteiger partial charge >= 0.3 is 11.9 Å². The van der Waals surface area contributed by atoms with Gasteiger partial charge in [-0.25, -0.2) is 0 Å². The Morgan fingerprint density at radius 2 is 1.36 bits per heavy atom. The zero-order valence-corrected chi connectivity index (χ0v) is 22.2. The first-order valence-electron chi connectivity index (χ1n) is 12.6. The van der Waals surface area contributed by atoms with E-state index in [-0.39, 0.29) is 13.2 Å². The largest absolute Gasteiger partial charge is 0.493 e. The molecular formula is C31H32O8. The molecule has 0 amide bonds. The molecule has 3 aromatic carbocycles. The number of ether oxygens (including phenoxy) is 4. The second-order valence-corrected chi connectivity index (χ2v) is 9.78. The summed E-state index contributed by atoms with van der Waals surface area (Å²) in [5.41, 5.74) is 0.171. The van der Waals surface area contributed by atoms with Gasteiger partial charge in [0.25, 0.3) is 0 Å². The number of carbonyl (C=O) groups is 3. The Labute approximate surface area is 227 Å². The molecule has 0 saturated heterocycles. The predicted molar refractivity (Wildman–Crippen MR) is 142 cm³/mol. The van der Waals surface area contributed by atoms with Gasteiger partial charge in [-0.3, -0.25) is 14.4 Å². The highest BCUT2D eigenvalue weighted by atomic mass is 16.5. The summed E-state index contributed by atoms with van der Waals surface area (Å²) in [6.07, 6.45) is -0.410. The number of esters is 2.